The number of hydrogen-bond acceptors (Lipinski definition) is 2. The predicted octanol–water partition coefficient (Wildman–Crippen LogP) is 4.81. The van der Waals surface area contributed by atoms with Crippen molar-refractivity contribution in [2.45, 2.75) is 13.8 Å². The molecule has 0 saturated carbocycles. The van der Waals surface area contributed by atoms with E-state index in [0.29, 0.717) is 28.9 Å². The van der Waals surface area contributed by atoms with Crippen LogP contribution < -0.4 is 15.4 Å². The minimum atomic E-state index is -0.363. The van der Waals surface area contributed by atoms with Gasteiger partial charge in [0.05, 0.1) is 17.3 Å². The van der Waals surface area contributed by atoms with Crippen molar-refractivity contribution in [3.05, 3.63) is 57.6 Å². The van der Waals surface area contributed by atoms with E-state index in [1.165, 1.54) is 5.56 Å². The second kappa shape index (κ2) is 8.09. The van der Waals surface area contributed by atoms with E-state index < -0.39 is 0 Å². The smallest absolute Gasteiger partial charge is 0.319 e. The minimum Gasteiger partial charge on any atom is -0.491 e. The molecule has 2 aromatic rings. The van der Waals surface area contributed by atoms with Crippen LogP contribution in [0, 0.1) is 13.8 Å². The van der Waals surface area contributed by atoms with E-state index in [9.17, 15) is 4.79 Å². The van der Waals surface area contributed by atoms with Crippen molar-refractivity contribution in [1.82, 2.24) is 5.32 Å². The summed E-state index contributed by atoms with van der Waals surface area (Å²) in [6.45, 7) is 4.77. The second-order valence-electron chi connectivity index (χ2n) is 5.12. The van der Waals surface area contributed by atoms with E-state index in [1.54, 1.807) is 18.2 Å². The van der Waals surface area contributed by atoms with Crippen molar-refractivity contribution >= 4 is 34.9 Å². The monoisotopic (exact) mass is 352 g/mol. The van der Waals surface area contributed by atoms with Crippen molar-refractivity contribution in [3.8, 4) is 5.75 Å². The van der Waals surface area contributed by atoms with Gasteiger partial charge in [0.25, 0.3) is 0 Å². The summed E-state index contributed by atoms with van der Waals surface area (Å²) < 4.78 is 5.65. The van der Waals surface area contributed by atoms with Crippen molar-refractivity contribution in [2.75, 3.05) is 18.5 Å². The number of benzene rings is 2. The van der Waals surface area contributed by atoms with Gasteiger partial charge in [-0.15, -0.1) is 0 Å². The predicted molar refractivity (Wildman–Crippen MR) is 94.9 cm³/mol. The molecule has 0 fully saturated rings. The zero-order valence-corrected chi connectivity index (χ0v) is 14.5. The molecule has 23 heavy (non-hydrogen) atoms. The number of hydrogen-bond donors (Lipinski definition) is 2. The van der Waals surface area contributed by atoms with Crippen LogP contribution in [-0.4, -0.2) is 19.2 Å². The Balaban J connectivity index is 1.77. The van der Waals surface area contributed by atoms with Gasteiger partial charge in [-0.25, -0.2) is 4.79 Å². The fraction of sp³-hybridized carbons (Fsp3) is 0.235. The lowest BCUT2D eigenvalue weighted by Crippen LogP contribution is -2.32. The van der Waals surface area contributed by atoms with Crippen LogP contribution >= 0.6 is 23.2 Å². The molecular formula is C17H18Cl2N2O2. The van der Waals surface area contributed by atoms with Gasteiger partial charge in [-0.3, -0.25) is 0 Å². The maximum absolute atomic E-state index is 11.8. The Kier molecular flexibility index (Phi) is 6.13. The maximum atomic E-state index is 11.8. The third-order valence-electron chi connectivity index (χ3n) is 3.15. The summed E-state index contributed by atoms with van der Waals surface area (Å²) in [6, 6.07) is 10.5. The van der Waals surface area contributed by atoms with Crippen LogP contribution in [0.4, 0.5) is 10.5 Å². The van der Waals surface area contributed by atoms with Crippen LogP contribution in [0.15, 0.2) is 36.4 Å². The molecule has 2 aromatic carbocycles. The summed E-state index contributed by atoms with van der Waals surface area (Å²) in [5.74, 6) is 0.815. The topological polar surface area (TPSA) is 50.4 Å². The fourth-order valence-corrected chi connectivity index (χ4v) is 2.38. The van der Waals surface area contributed by atoms with Crippen LogP contribution in [0.3, 0.4) is 0 Å². The van der Waals surface area contributed by atoms with Crippen molar-refractivity contribution in [3.63, 3.8) is 0 Å². The molecule has 0 aliphatic rings. The highest BCUT2D eigenvalue weighted by Crippen LogP contribution is 2.25. The zero-order chi connectivity index (χ0) is 16.8. The first-order valence-corrected chi connectivity index (χ1v) is 7.91. The number of urea groups is 1. The lowest BCUT2D eigenvalue weighted by molar-refractivity contribution is 0.247. The van der Waals surface area contributed by atoms with E-state index in [0.717, 1.165) is 11.3 Å². The number of nitrogens with one attached hydrogen (secondary N) is 2. The molecule has 0 bridgehead atoms. The van der Waals surface area contributed by atoms with Crippen molar-refractivity contribution in [1.29, 1.82) is 0 Å². The number of halogens is 2. The van der Waals surface area contributed by atoms with Gasteiger partial charge in [0.1, 0.15) is 12.4 Å². The molecule has 0 spiro atoms. The molecule has 6 heteroatoms. The Morgan fingerprint density at radius 3 is 2.65 bits per heavy atom. The zero-order valence-electron chi connectivity index (χ0n) is 13.0. The highest BCUT2D eigenvalue weighted by atomic mass is 35.5. The van der Waals surface area contributed by atoms with Crippen LogP contribution in [0.1, 0.15) is 11.1 Å². The number of ether oxygens (including phenoxy) is 1. The molecule has 2 N–H and O–H groups in total. The van der Waals surface area contributed by atoms with Gasteiger partial charge in [-0.1, -0.05) is 40.9 Å². The van der Waals surface area contributed by atoms with Gasteiger partial charge in [-0.05, 0) is 43.7 Å². The number of carbonyl (C=O) groups excluding carboxylic acids is 1. The molecule has 0 atom stereocenters. The van der Waals surface area contributed by atoms with Gasteiger partial charge < -0.3 is 15.4 Å². The molecule has 0 unspecified atom stereocenters. The average Bonchev–Trinajstić information content (AvgIpc) is 2.49. The van der Waals surface area contributed by atoms with E-state index >= 15 is 0 Å². The number of amides is 2. The molecule has 4 nitrogen and oxygen atoms in total. The third-order valence-corrected chi connectivity index (χ3v) is 3.72. The number of carbonyl (C=O) groups is 1. The van der Waals surface area contributed by atoms with E-state index in [4.69, 9.17) is 27.9 Å². The molecule has 2 amide bonds. The summed E-state index contributed by atoms with van der Waals surface area (Å²) in [7, 11) is 0. The van der Waals surface area contributed by atoms with Crippen LogP contribution in [0.25, 0.3) is 0 Å². The molecule has 0 aromatic heterocycles. The van der Waals surface area contributed by atoms with Crippen LogP contribution in [0.2, 0.25) is 10.0 Å². The number of aryl methyl sites for hydroxylation is 2. The molecule has 0 aliphatic heterocycles. The molecule has 0 aliphatic carbocycles. The third kappa shape index (κ3) is 5.34. The lowest BCUT2D eigenvalue weighted by Gasteiger charge is -2.12. The Bertz CT molecular complexity index is 705. The first-order valence-electron chi connectivity index (χ1n) is 7.15. The van der Waals surface area contributed by atoms with Gasteiger partial charge in [0.15, 0.2) is 0 Å². The normalized spacial score (nSPS) is 10.3. The maximum Gasteiger partial charge on any atom is 0.319 e. The van der Waals surface area contributed by atoms with E-state index in [-0.39, 0.29) is 6.03 Å². The molecule has 0 saturated heterocycles. The number of anilines is 1. The Morgan fingerprint density at radius 2 is 1.91 bits per heavy atom. The fourth-order valence-electron chi connectivity index (χ4n) is 2.05. The SMILES string of the molecule is Cc1ccc(OCCNC(=O)Nc2cc(Cl)ccc2Cl)c(C)c1. The largest absolute Gasteiger partial charge is 0.491 e. The van der Waals surface area contributed by atoms with Crippen LogP contribution in [0.5, 0.6) is 5.75 Å². The van der Waals surface area contributed by atoms with E-state index in [2.05, 4.69) is 16.7 Å². The van der Waals surface area contributed by atoms with Gasteiger partial charge in [0.2, 0.25) is 0 Å². The Labute approximate surface area is 145 Å². The summed E-state index contributed by atoms with van der Waals surface area (Å²) in [5, 5.41) is 6.28. The van der Waals surface area contributed by atoms with Crippen LogP contribution in [-0.2, 0) is 0 Å². The summed E-state index contributed by atoms with van der Waals surface area (Å²) in [6.07, 6.45) is 0. The summed E-state index contributed by atoms with van der Waals surface area (Å²) >= 11 is 11.9. The Hall–Kier alpha value is -1.91. The van der Waals surface area contributed by atoms with Gasteiger partial charge >= 0.3 is 6.03 Å². The summed E-state index contributed by atoms with van der Waals surface area (Å²) in [5.41, 5.74) is 2.72. The molecule has 122 valence electrons. The van der Waals surface area contributed by atoms with Gasteiger partial charge in [0, 0.05) is 5.02 Å². The Morgan fingerprint density at radius 1 is 1.13 bits per heavy atom. The highest BCUT2D eigenvalue weighted by Gasteiger charge is 2.06. The van der Waals surface area contributed by atoms with Gasteiger partial charge in [-0.2, -0.15) is 0 Å². The van der Waals surface area contributed by atoms with E-state index in [1.807, 2.05) is 26.0 Å². The molecular weight excluding hydrogens is 335 g/mol. The molecule has 0 heterocycles. The minimum absolute atomic E-state index is 0.363. The lowest BCUT2D eigenvalue weighted by atomic mass is 10.1. The first kappa shape index (κ1) is 17.4. The highest BCUT2D eigenvalue weighted by molar-refractivity contribution is 6.35. The standard InChI is InChI=1S/C17H18Cl2N2O2/c1-11-3-6-16(12(2)9-11)23-8-7-20-17(22)21-15-10-13(18)4-5-14(15)19/h3-6,9-10H,7-8H2,1-2H3,(H2,20,21,22). The first-order chi connectivity index (χ1) is 11.0. The van der Waals surface area contributed by atoms with Crippen molar-refractivity contribution < 1.29 is 9.53 Å². The molecule has 0 radical (unpaired) electrons. The quantitative estimate of drug-likeness (QED) is 0.758. The average molecular weight is 353 g/mol. The molecule has 2 rings (SSSR count). The summed E-state index contributed by atoms with van der Waals surface area (Å²) in [4.78, 5) is 11.8. The number of rotatable bonds is 5. The second-order valence-corrected chi connectivity index (χ2v) is 5.97. The van der Waals surface area contributed by atoms with Crippen molar-refractivity contribution in [2.24, 2.45) is 0 Å².